The minimum atomic E-state index is -0.235. The van der Waals surface area contributed by atoms with E-state index in [0.29, 0.717) is 4.96 Å². The van der Waals surface area contributed by atoms with Crippen molar-refractivity contribution in [2.45, 2.75) is 0 Å². The molecule has 0 radical (unpaired) electrons. The standard InChI is InChI=1S/C5H2BrN3OS/c6-4-8-9-2-1-3(10)7-5(9)11-4/h1-2H. The van der Waals surface area contributed by atoms with Gasteiger partial charge in [-0.2, -0.15) is 4.98 Å². The van der Waals surface area contributed by atoms with Crippen molar-refractivity contribution in [2.24, 2.45) is 0 Å². The molecule has 0 saturated heterocycles. The van der Waals surface area contributed by atoms with Crippen LogP contribution in [0.3, 0.4) is 0 Å². The van der Waals surface area contributed by atoms with Crippen molar-refractivity contribution >= 4 is 32.2 Å². The SMILES string of the molecule is O=c1ccn2nc(Br)sc2n1. The topological polar surface area (TPSA) is 47.3 Å². The van der Waals surface area contributed by atoms with E-state index in [2.05, 4.69) is 26.0 Å². The third kappa shape index (κ3) is 1.19. The molecule has 2 heterocycles. The molecule has 6 heteroatoms. The molecule has 0 aliphatic rings. The molecule has 2 aromatic heterocycles. The highest BCUT2D eigenvalue weighted by Crippen LogP contribution is 2.16. The number of nitrogens with zero attached hydrogens (tertiary/aromatic N) is 3. The summed E-state index contributed by atoms with van der Waals surface area (Å²) in [4.78, 5) is 15.1. The van der Waals surface area contributed by atoms with Gasteiger partial charge in [-0.05, 0) is 15.9 Å². The summed E-state index contributed by atoms with van der Waals surface area (Å²) in [5.41, 5.74) is -0.235. The molecule has 0 aliphatic carbocycles. The minimum absolute atomic E-state index is 0.235. The van der Waals surface area contributed by atoms with Crippen molar-refractivity contribution in [1.29, 1.82) is 0 Å². The van der Waals surface area contributed by atoms with E-state index in [4.69, 9.17) is 0 Å². The summed E-state index contributed by atoms with van der Waals surface area (Å²) in [7, 11) is 0. The van der Waals surface area contributed by atoms with Gasteiger partial charge in [-0.25, -0.2) is 4.52 Å². The van der Waals surface area contributed by atoms with Gasteiger partial charge in [0.2, 0.25) is 4.96 Å². The molecule has 0 atom stereocenters. The molecular formula is C5H2BrN3OS. The van der Waals surface area contributed by atoms with Crippen molar-refractivity contribution < 1.29 is 0 Å². The first-order chi connectivity index (χ1) is 5.25. The molecule has 0 aliphatic heterocycles. The van der Waals surface area contributed by atoms with E-state index in [-0.39, 0.29) is 5.56 Å². The third-order valence-electron chi connectivity index (χ3n) is 1.12. The zero-order valence-electron chi connectivity index (χ0n) is 5.19. The minimum Gasteiger partial charge on any atom is -0.267 e. The van der Waals surface area contributed by atoms with E-state index >= 15 is 0 Å². The summed E-state index contributed by atoms with van der Waals surface area (Å²) in [5, 5.41) is 4.00. The van der Waals surface area contributed by atoms with Crippen LogP contribution in [0.4, 0.5) is 0 Å². The molecule has 2 rings (SSSR count). The predicted octanol–water partition coefficient (Wildman–Crippen LogP) is 0.913. The molecule has 0 saturated carbocycles. The van der Waals surface area contributed by atoms with Gasteiger partial charge in [0, 0.05) is 12.3 Å². The Kier molecular flexibility index (Phi) is 1.50. The van der Waals surface area contributed by atoms with Crippen LogP contribution in [-0.4, -0.2) is 14.6 Å². The molecule has 0 N–H and O–H groups in total. The van der Waals surface area contributed by atoms with Crippen LogP contribution in [0.2, 0.25) is 0 Å². The first-order valence-corrected chi connectivity index (χ1v) is 4.39. The molecular weight excluding hydrogens is 230 g/mol. The van der Waals surface area contributed by atoms with Crippen LogP contribution in [0, 0.1) is 0 Å². The Labute approximate surface area is 73.6 Å². The van der Waals surface area contributed by atoms with Gasteiger partial charge in [-0.3, -0.25) is 4.79 Å². The van der Waals surface area contributed by atoms with Gasteiger partial charge < -0.3 is 0 Å². The molecule has 4 nitrogen and oxygen atoms in total. The van der Waals surface area contributed by atoms with Gasteiger partial charge in [0.1, 0.15) is 0 Å². The molecule has 0 amide bonds. The number of hydrogen-bond acceptors (Lipinski definition) is 4. The van der Waals surface area contributed by atoms with Gasteiger partial charge in [-0.1, -0.05) is 11.3 Å². The number of rotatable bonds is 0. The van der Waals surface area contributed by atoms with Crippen molar-refractivity contribution in [2.75, 3.05) is 0 Å². The van der Waals surface area contributed by atoms with Crippen LogP contribution in [0.15, 0.2) is 21.0 Å². The quantitative estimate of drug-likeness (QED) is 0.678. The Morgan fingerprint density at radius 1 is 1.64 bits per heavy atom. The third-order valence-corrected chi connectivity index (χ3v) is 2.48. The largest absolute Gasteiger partial charge is 0.273 e. The average molecular weight is 232 g/mol. The predicted molar refractivity (Wildman–Crippen MR) is 44.8 cm³/mol. The Bertz CT molecular complexity index is 448. The van der Waals surface area contributed by atoms with Gasteiger partial charge in [0.15, 0.2) is 3.92 Å². The normalized spacial score (nSPS) is 10.6. The van der Waals surface area contributed by atoms with Crippen molar-refractivity contribution in [3.8, 4) is 0 Å². The lowest BCUT2D eigenvalue weighted by Crippen LogP contribution is -2.04. The van der Waals surface area contributed by atoms with Gasteiger partial charge >= 0.3 is 0 Å². The second-order valence-electron chi connectivity index (χ2n) is 1.85. The monoisotopic (exact) mass is 231 g/mol. The summed E-state index contributed by atoms with van der Waals surface area (Å²) < 4.78 is 2.27. The van der Waals surface area contributed by atoms with E-state index in [1.54, 1.807) is 10.7 Å². The van der Waals surface area contributed by atoms with Crippen LogP contribution in [0.25, 0.3) is 4.96 Å². The summed E-state index contributed by atoms with van der Waals surface area (Å²) in [6.45, 7) is 0. The van der Waals surface area contributed by atoms with Crippen molar-refractivity contribution in [1.82, 2.24) is 14.6 Å². The Morgan fingerprint density at radius 2 is 2.45 bits per heavy atom. The van der Waals surface area contributed by atoms with E-state index in [9.17, 15) is 4.79 Å². The summed E-state index contributed by atoms with van der Waals surface area (Å²) in [6.07, 6.45) is 1.59. The highest BCUT2D eigenvalue weighted by molar-refractivity contribution is 9.11. The summed E-state index contributed by atoms with van der Waals surface area (Å²) >= 11 is 4.52. The fraction of sp³-hybridized carbons (Fsp3) is 0. The maximum absolute atomic E-state index is 10.7. The Morgan fingerprint density at radius 3 is 3.27 bits per heavy atom. The maximum atomic E-state index is 10.7. The van der Waals surface area contributed by atoms with E-state index in [1.807, 2.05) is 0 Å². The van der Waals surface area contributed by atoms with Crippen LogP contribution in [0.5, 0.6) is 0 Å². The molecule has 56 valence electrons. The molecule has 0 spiro atoms. The van der Waals surface area contributed by atoms with Crippen molar-refractivity contribution in [3.05, 3.63) is 26.5 Å². The average Bonchev–Trinajstić information content (AvgIpc) is 2.27. The lowest BCUT2D eigenvalue weighted by Gasteiger charge is -1.83. The van der Waals surface area contributed by atoms with E-state index in [0.717, 1.165) is 3.92 Å². The van der Waals surface area contributed by atoms with Crippen molar-refractivity contribution in [3.63, 3.8) is 0 Å². The zero-order valence-corrected chi connectivity index (χ0v) is 7.59. The van der Waals surface area contributed by atoms with Gasteiger partial charge in [0.25, 0.3) is 5.56 Å². The Balaban J connectivity index is 2.92. The molecule has 0 unspecified atom stereocenters. The van der Waals surface area contributed by atoms with E-state index in [1.165, 1.54) is 17.4 Å². The fourth-order valence-electron chi connectivity index (χ4n) is 0.707. The molecule has 0 bridgehead atoms. The maximum Gasteiger partial charge on any atom is 0.273 e. The number of hydrogen-bond donors (Lipinski definition) is 0. The number of aromatic nitrogens is 3. The van der Waals surface area contributed by atoms with Gasteiger partial charge in [-0.15, -0.1) is 5.10 Å². The molecule has 0 aromatic carbocycles. The lowest BCUT2D eigenvalue weighted by molar-refractivity contribution is 0.920. The van der Waals surface area contributed by atoms with Crippen LogP contribution < -0.4 is 5.56 Å². The summed E-state index contributed by atoms with van der Waals surface area (Å²) in [5.74, 6) is 0. The second kappa shape index (κ2) is 2.38. The number of fused-ring (bicyclic) bond motifs is 1. The highest BCUT2D eigenvalue weighted by Gasteiger charge is 1.99. The smallest absolute Gasteiger partial charge is 0.267 e. The molecule has 0 fully saturated rings. The van der Waals surface area contributed by atoms with Crippen LogP contribution in [0.1, 0.15) is 0 Å². The number of halogens is 1. The first kappa shape index (κ1) is 6.93. The summed E-state index contributed by atoms with van der Waals surface area (Å²) in [6, 6.07) is 1.37. The fourth-order valence-corrected chi connectivity index (χ4v) is 1.92. The Hall–Kier alpha value is -0.750. The van der Waals surface area contributed by atoms with Crippen LogP contribution >= 0.6 is 27.3 Å². The zero-order chi connectivity index (χ0) is 7.84. The van der Waals surface area contributed by atoms with Crippen LogP contribution in [-0.2, 0) is 0 Å². The first-order valence-electron chi connectivity index (χ1n) is 2.78. The highest BCUT2D eigenvalue weighted by atomic mass is 79.9. The molecule has 11 heavy (non-hydrogen) atoms. The van der Waals surface area contributed by atoms with E-state index < -0.39 is 0 Å². The second-order valence-corrected chi connectivity index (χ2v) is 4.08. The molecule has 2 aromatic rings. The lowest BCUT2D eigenvalue weighted by atomic mass is 10.7. The van der Waals surface area contributed by atoms with Gasteiger partial charge in [0.05, 0.1) is 0 Å².